The molecule has 2 heterocycles. The number of hydrogen-bond donors (Lipinski definition) is 1. The van der Waals surface area contributed by atoms with Crippen molar-refractivity contribution in [1.82, 2.24) is 10.1 Å². The third-order valence-corrected chi connectivity index (χ3v) is 4.19. The van der Waals surface area contributed by atoms with Crippen molar-refractivity contribution in [3.63, 3.8) is 0 Å². The number of aliphatic carboxylic acids is 1. The molecule has 0 saturated carbocycles. The Labute approximate surface area is 124 Å². The topological polar surface area (TPSA) is 83.6 Å². The summed E-state index contributed by atoms with van der Waals surface area (Å²) in [6.45, 7) is 6.66. The second kappa shape index (κ2) is 6.28. The average molecular weight is 294 g/mol. The highest BCUT2D eigenvalue weighted by Crippen LogP contribution is 2.27. The van der Waals surface area contributed by atoms with Crippen molar-refractivity contribution in [2.24, 2.45) is 5.92 Å². The van der Waals surface area contributed by atoms with Gasteiger partial charge in [-0.25, -0.2) is 0 Å². The average Bonchev–Trinajstić information content (AvgIpc) is 2.78. The van der Waals surface area contributed by atoms with Crippen LogP contribution in [0.2, 0.25) is 0 Å². The highest BCUT2D eigenvalue weighted by molar-refractivity contribution is 5.78. The molecule has 1 fully saturated rings. The van der Waals surface area contributed by atoms with Crippen LogP contribution in [-0.2, 0) is 9.59 Å². The van der Waals surface area contributed by atoms with E-state index < -0.39 is 11.9 Å². The number of aromatic nitrogens is 1. The third-order valence-electron chi connectivity index (χ3n) is 4.19. The number of amides is 1. The molecule has 1 aliphatic heterocycles. The lowest BCUT2D eigenvalue weighted by Crippen LogP contribution is -2.42. The quantitative estimate of drug-likeness (QED) is 0.919. The van der Waals surface area contributed by atoms with Crippen molar-refractivity contribution in [3.8, 4) is 0 Å². The monoisotopic (exact) mass is 294 g/mol. The molecule has 0 bridgehead atoms. The van der Waals surface area contributed by atoms with Gasteiger partial charge in [0.05, 0.1) is 11.6 Å². The maximum Gasteiger partial charge on any atom is 0.308 e. The van der Waals surface area contributed by atoms with Crippen molar-refractivity contribution in [2.45, 2.75) is 46.0 Å². The molecule has 6 nitrogen and oxygen atoms in total. The van der Waals surface area contributed by atoms with E-state index in [0.29, 0.717) is 25.9 Å². The molecule has 0 aromatic carbocycles. The van der Waals surface area contributed by atoms with Gasteiger partial charge in [-0.05, 0) is 32.6 Å². The summed E-state index contributed by atoms with van der Waals surface area (Å²) in [6, 6.07) is 0. The summed E-state index contributed by atoms with van der Waals surface area (Å²) >= 11 is 0. The van der Waals surface area contributed by atoms with Crippen LogP contribution in [0.3, 0.4) is 0 Å². The molecule has 2 atom stereocenters. The van der Waals surface area contributed by atoms with Crippen LogP contribution < -0.4 is 0 Å². The maximum atomic E-state index is 12.4. The summed E-state index contributed by atoms with van der Waals surface area (Å²) in [5.41, 5.74) is 1.80. The van der Waals surface area contributed by atoms with Crippen LogP contribution in [0.1, 0.15) is 49.1 Å². The number of aryl methyl sites for hydroxylation is 2. The van der Waals surface area contributed by atoms with Gasteiger partial charge in [0.25, 0.3) is 0 Å². The second-order valence-electron chi connectivity index (χ2n) is 5.86. The number of rotatable bonds is 4. The van der Waals surface area contributed by atoms with E-state index in [-0.39, 0.29) is 11.8 Å². The zero-order chi connectivity index (χ0) is 15.6. The Hall–Kier alpha value is -1.85. The number of piperidine rings is 1. The first kappa shape index (κ1) is 15.5. The predicted octanol–water partition coefficient (Wildman–Crippen LogP) is 2.11. The number of nitrogens with zero attached hydrogens (tertiary/aromatic N) is 2. The van der Waals surface area contributed by atoms with Crippen LogP contribution in [0.4, 0.5) is 0 Å². The van der Waals surface area contributed by atoms with E-state index in [9.17, 15) is 9.59 Å². The molecular formula is C15H22N2O4. The smallest absolute Gasteiger partial charge is 0.308 e. The van der Waals surface area contributed by atoms with Crippen molar-refractivity contribution >= 4 is 11.9 Å². The van der Waals surface area contributed by atoms with Gasteiger partial charge in [-0.3, -0.25) is 9.59 Å². The van der Waals surface area contributed by atoms with Gasteiger partial charge in [-0.1, -0.05) is 12.1 Å². The Morgan fingerprint density at radius 1 is 1.48 bits per heavy atom. The first-order chi connectivity index (χ1) is 9.90. The van der Waals surface area contributed by atoms with Gasteiger partial charge in [-0.2, -0.15) is 0 Å². The number of hydrogen-bond acceptors (Lipinski definition) is 4. The van der Waals surface area contributed by atoms with Crippen molar-refractivity contribution in [2.75, 3.05) is 13.1 Å². The first-order valence-electron chi connectivity index (χ1n) is 7.33. The zero-order valence-corrected chi connectivity index (χ0v) is 12.8. The number of likely N-dealkylation sites (tertiary alicyclic amines) is 1. The summed E-state index contributed by atoms with van der Waals surface area (Å²) < 4.78 is 5.14. The number of carbonyl (C=O) groups is 2. The second-order valence-corrected chi connectivity index (χ2v) is 5.86. The first-order valence-corrected chi connectivity index (χ1v) is 7.33. The highest BCUT2D eigenvalue weighted by atomic mass is 16.5. The third kappa shape index (κ3) is 3.43. The van der Waals surface area contributed by atoms with E-state index in [1.165, 1.54) is 0 Å². The SMILES string of the molecule is Cc1noc(C)c1[C@@H](C)CC(=O)N1CCC[C@H](C(=O)O)C1. The molecule has 1 N–H and O–H groups in total. The van der Waals surface area contributed by atoms with E-state index in [1.54, 1.807) is 4.90 Å². The minimum atomic E-state index is -0.814. The minimum Gasteiger partial charge on any atom is -0.481 e. The Balaban J connectivity index is 1.99. The van der Waals surface area contributed by atoms with Gasteiger partial charge in [0.2, 0.25) is 5.91 Å². The Morgan fingerprint density at radius 2 is 2.19 bits per heavy atom. The van der Waals surface area contributed by atoms with Crippen LogP contribution in [0.5, 0.6) is 0 Å². The Bertz CT molecular complexity index is 518. The molecule has 6 heteroatoms. The van der Waals surface area contributed by atoms with Crippen molar-refractivity contribution in [1.29, 1.82) is 0 Å². The maximum absolute atomic E-state index is 12.4. The van der Waals surface area contributed by atoms with Crippen LogP contribution in [0, 0.1) is 19.8 Å². The zero-order valence-electron chi connectivity index (χ0n) is 12.8. The molecule has 1 aliphatic rings. The number of carboxylic acid groups (broad SMARTS) is 1. The summed E-state index contributed by atoms with van der Waals surface area (Å²) in [5.74, 6) is -0.472. The summed E-state index contributed by atoms with van der Waals surface area (Å²) in [5, 5.41) is 13.0. The standard InChI is InChI=1S/C15H22N2O4/c1-9(14-10(2)16-21-11(14)3)7-13(18)17-6-4-5-12(8-17)15(19)20/h9,12H,4-8H2,1-3H3,(H,19,20)/t9-,12-/m0/s1. The van der Waals surface area contributed by atoms with Gasteiger partial charge >= 0.3 is 5.97 Å². The highest BCUT2D eigenvalue weighted by Gasteiger charge is 2.29. The molecule has 0 spiro atoms. The normalized spacial score (nSPS) is 20.3. The van der Waals surface area contributed by atoms with Crippen LogP contribution in [0.15, 0.2) is 4.52 Å². The Kier molecular flexibility index (Phi) is 4.65. The molecule has 1 aromatic rings. The minimum absolute atomic E-state index is 0.00782. The fourth-order valence-electron chi connectivity index (χ4n) is 3.09. The Morgan fingerprint density at radius 3 is 2.76 bits per heavy atom. The fourth-order valence-corrected chi connectivity index (χ4v) is 3.09. The van der Waals surface area contributed by atoms with Gasteiger partial charge in [0, 0.05) is 25.1 Å². The lowest BCUT2D eigenvalue weighted by molar-refractivity contribution is -0.145. The van der Waals surface area contributed by atoms with E-state index in [1.807, 2.05) is 20.8 Å². The number of carboxylic acids is 1. The predicted molar refractivity (Wildman–Crippen MR) is 75.9 cm³/mol. The molecular weight excluding hydrogens is 272 g/mol. The largest absolute Gasteiger partial charge is 0.481 e. The lowest BCUT2D eigenvalue weighted by Gasteiger charge is -2.31. The molecule has 2 rings (SSSR count). The van der Waals surface area contributed by atoms with E-state index >= 15 is 0 Å². The summed E-state index contributed by atoms with van der Waals surface area (Å²) in [6.07, 6.45) is 1.76. The van der Waals surface area contributed by atoms with Gasteiger partial charge in [0.15, 0.2) is 0 Å². The van der Waals surface area contributed by atoms with E-state index in [4.69, 9.17) is 9.63 Å². The van der Waals surface area contributed by atoms with Crippen molar-refractivity contribution in [3.05, 3.63) is 17.0 Å². The molecule has 1 amide bonds. The van der Waals surface area contributed by atoms with Crippen LogP contribution >= 0.6 is 0 Å². The molecule has 116 valence electrons. The number of carbonyl (C=O) groups excluding carboxylic acids is 1. The van der Waals surface area contributed by atoms with E-state index in [2.05, 4.69) is 5.16 Å². The van der Waals surface area contributed by atoms with Crippen molar-refractivity contribution < 1.29 is 19.2 Å². The van der Waals surface area contributed by atoms with Gasteiger partial charge in [-0.15, -0.1) is 0 Å². The summed E-state index contributed by atoms with van der Waals surface area (Å²) in [7, 11) is 0. The molecule has 1 aromatic heterocycles. The van der Waals surface area contributed by atoms with Gasteiger partial charge < -0.3 is 14.5 Å². The van der Waals surface area contributed by atoms with Crippen LogP contribution in [-0.4, -0.2) is 40.1 Å². The summed E-state index contributed by atoms with van der Waals surface area (Å²) in [4.78, 5) is 25.1. The van der Waals surface area contributed by atoms with Gasteiger partial charge in [0.1, 0.15) is 5.76 Å². The molecule has 1 saturated heterocycles. The van der Waals surface area contributed by atoms with Crippen LogP contribution in [0.25, 0.3) is 0 Å². The molecule has 0 unspecified atom stereocenters. The molecule has 21 heavy (non-hydrogen) atoms. The molecule has 0 radical (unpaired) electrons. The fraction of sp³-hybridized carbons (Fsp3) is 0.667. The lowest BCUT2D eigenvalue weighted by atomic mass is 9.94. The molecule has 0 aliphatic carbocycles. The van der Waals surface area contributed by atoms with E-state index in [0.717, 1.165) is 23.4 Å².